The first-order chi connectivity index (χ1) is 6.11. The van der Waals surface area contributed by atoms with Gasteiger partial charge in [0.2, 0.25) is 0 Å². The Hall–Kier alpha value is -0.310. The van der Waals surface area contributed by atoms with E-state index < -0.39 is 0 Å². The Balaban J connectivity index is 2.45. The van der Waals surface area contributed by atoms with E-state index in [4.69, 9.17) is 0 Å². The Bertz CT molecular complexity index is 231. The zero-order valence-corrected chi connectivity index (χ0v) is 10.0. The second kappa shape index (κ2) is 4.80. The van der Waals surface area contributed by atoms with Crippen molar-refractivity contribution in [2.24, 2.45) is 11.8 Å². The predicted molar refractivity (Wildman–Crippen MR) is 59.0 cm³/mol. The molecule has 0 spiro atoms. The fraction of sp³-hybridized carbons (Fsp3) is 0.700. The summed E-state index contributed by atoms with van der Waals surface area (Å²) in [6.45, 7) is 6.77. The van der Waals surface area contributed by atoms with Gasteiger partial charge in [-0.2, -0.15) is 0 Å². The number of halogens is 1. The second-order valence-corrected chi connectivity index (χ2v) is 5.04. The molecule has 2 nitrogen and oxygen atoms in total. The van der Waals surface area contributed by atoms with Crippen LogP contribution in [0.4, 0.5) is 0 Å². The van der Waals surface area contributed by atoms with Gasteiger partial charge >= 0.3 is 0 Å². The predicted octanol–water partition coefficient (Wildman–Crippen LogP) is 3.01. The largest absolute Gasteiger partial charge is 0.349 e. The zero-order chi connectivity index (χ0) is 9.84. The van der Waals surface area contributed by atoms with Crippen molar-refractivity contribution >= 4 is 15.9 Å². The third-order valence-electron chi connectivity index (χ3n) is 2.57. The maximum absolute atomic E-state index is 4.21. The number of aromatic nitrogens is 2. The molecule has 2 unspecified atom stereocenters. The summed E-state index contributed by atoms with van der Waals surface area (Å²) in [6.07, 6.45) is 4.65. The zero-order valence-electron chi connectivity index (χ0n) is 8.42. The number of hydrogen-bond donors (Lipinski definition) is 1. The van der Waals surface area contributed by atoms with Crippen molar-refractivity contribution in [2.45, 2.75) is 32.0 Å². The topological polar surface area (TPSA) is 28.7 Å². The molecule has 3 heteroatoms. The molecular weight excluding hydrogens is 228 g/mol. The van der Waals surface area contributed by atoms with Gasteiger partial charge in [0.25, 0.3) is 0 Å². The highest BCUT2D eigenvalue weighted by Crippen LogP contribution is 2.23. The van der Waals surface area contributed by atoms with Crippen molar-refractivity contribution in [1.29, 1.82) is 0 Å². The molecule has 0 amide bonds. The Morgan fingerprint density at radius 3 is 2.62 bits per heavy atom. The van der Waals surface area contributed by atoms with E-state index in [2.05, 4.69) is 46.7 Å². The van der Waals surface area contributed by atoms with Gasteiger partial charge in [0.15, 0.2) is 0 Å². The molecule has 0 fully saturated rings. The van der Waals surface area contributed by atoms with E-state index >= 15 is 0 Å². The molecule has 0 bridgehead atoms. The molecular formula is C10H17BrN2. The average molecular weight is 245 g/mol. The summed E-state index contributed by atoms with van der Waals surface area (Å²) >= 11 is 3.71. The van der Waals surface area contributed by atoms with Crippen LogP contribution in [0.15, 0.2) is 12.4 Å². The second-order valence-electron chi connectivity index (χ2n) is 3.86. The van der Waals surface area contributed by atoms with Crippen LogP contribution in [0.1, 0.15) is 26.6 Å². The summed E-state index contributed by atoms with van der Waals surface area (Å²) in [5.74, 6) is 2.44. The molecule has 1 aromatic rings. The molecule has 0 aliphatic rings. The molecule has 1 aromatic heterocycles. The minimum absolute atomic E-state index is 0.513. The summed E-state index contributed by atoms with van der Waals surface area (Å²) in [4.78, 5) is 7.85. The van der Waals surface area contributed by atoms with Crippen LogP contribution < -0.4 is 0 Å². The highest BCUT2D eigenvalue weighted by molar-refractivity contribution is 9.09. The van der Waals surface area contributed by atoms with Gasteiger partial charge in [-0.05, 0) is 11.8 Å². The number of aromatic amines is 1. The SMILES string of the molecule is CC(C)C(C)C(Br)Cc1ncc[nH]1. The van der Waals surface area contributed by atoms with Crippen LogP contribution in [0.5, 0.6) is 0 Å². The molecule has 13 heavy (non-hydrogen) atoms. The van der Waals surface area contributed by atoms with E-state index in [9.17, 15) is 0 Å². The lowest BCUT2D eigenvalue weighted by atomic mass is 9.93. The summed E-state index contributed by atoms with van der Waals surface area (Å²) in [7, 11) is 0. The van der Waals surface area contributed by atoms with E-state index in [1.54, 1.807) is 6.20 Å². The van der Waals surface area contributed by atoms with Crippen molar-refractivity contribution in [3.8, 4) is 0 Å². The first kappa shape index (κ1) is 10.8. The fourth-order valence-electron chi connectivity index (χ4n) is 1.20. The van der Waals surface area contributed by atoms with E-state index in [0.717, 1.165) is 12.2 Å². The van der Waals surface area contributed by atoms with Gasteiger partial charge in [0, 0.05) is 23.6 Å². The molecule has 0 saturated heterocycles. The minimum atomic E-state index is 0.513. The quantitative estimate of drug-likeness (QED) is 0.811. The Kier molecular flexibility index (Phi) is 3.97. The number of alkyl halides is 1. The number of imidazole rings is 1. The lowest BCUT2D eigenvalue weighted by molar-refractivity contribution is 0.405. The maximum Gasteiger partial charge on any atom is 0.107 e. The monoisotopic (exact) mass is 244 g/mol. The Labute approximate surface area is 88.3 Å². The van der Waals surface area contributed by atoms with Crippen LogP contribution in [0.2, 0.25) is 0 Å². The standard InChI is InChI=1S/C10H17BrN2/c1-7(2)8(3)9(11)6-10-12-4-5-13-10/h4-5,7-9H,6H2,1-3H3,(H,12,13). The maximum atomic E-state index is 4.21. The fourth-order valence-corrected chi connectivity index (χ4v) is 2.11. The molecule has 1 heterocycles. The van der Waals surface area contributed by atoms with Crippen molar-refractivity contribution in [3.63, 3.8) is 0 Å². The molecule has 0 saturated carbocycles. The normalized spacial score (nSPS) is 16.1. The molecule has 74 valence electrons. The molecule has 0 aromatic carbocycles. The van der Waals surface area contributed by atoms with Gasteiger partial charge in [-0.1, -0.05) is 36.7 Å². The van der Waals surface area contributed by atoms with E-state index in [0.29, 0.717) is 16.7 Å². The summed E-state index contributed by atoms with van der Waals surface area (Å²) < 4.78 is 0. The van der Waals surface area contributed by atoms with E-state index in [1.165, 1.54) is 0 Å². The average Bonchev–Trinajstić information content (AvgIpc) is 2.55. The van der Waals surface area contributed by atoms with Crippen LogP contribution in [-0.2, 0) is 6.42 Å². The van der Waals surface area contributed by atoms with Crippen LogP contribution in [0.3, 0.4) is 0 Å². The van der Waals surface area contributed by atoms with Gasteiger partial charge < -0.3 is 4.98 Å². The van der Waals surface area contributed by atoms with Gasteiger partial charge in [-0.15, -0.1) is 0 Å². The molecule has 0 radical (unpaired) electrons. The lowest BCUT2D eigenvalue weighted by Gasteiger charge is -2.20. The van der Waals surface area contributed by atoms with Crippen LogP contribution in [0, 0.1) is 11.8 Å². The van der Waals surface area contributed by atoms with E-state index in [1.807, 2.05) is 6.20 Å². The number of rotatable bonds is 4. The Morgan fingerprint density at radius 2 is 2.15 bits per heavy atom. The van der Waals surface area contributed by atoms with Crippen molar-refractivity contribution in [2.75, 3.05) is 0 Å². The first-order valence-electron chi connectivity index (χ1n) is 4.73. The first-order valence-corrected chi connectivity index (χ1v) is 5.65. The molecule has 1 rings (SSSR count). The van der Waals surface area contributed by atoms with Crippen LogP contribution >= 0.6 is 15.9 Å². The number of nitrogens with zero attached hydrogens (tertiary/aromatic N) is 1. The number of nitrogens with one attached hydrogen (secondary N) is 1. The molecule has 1 N–H and O–H groups in total. The highest BCUT2D eigenvalue weighted by Gasteiger charge is 2.18. The summed E-state index contributed by atoms with van der Waals surface area (Å²) in [5.41, 5.74) is 0. The number of hydrogen-bond acceptors (Lipinski definition) is 1. The minimum Gasteiger partial charge on any atom is -0.349 e. The van der Waals surface area contributed by atoms with Crippen LogP contribution in [-0.4, -0.2) is 14.8 Å². The van der Waals surface area contributed by atoms with Crippen molar-refractivity contribution in [3.05, 3.63) is 18.2 Å². The van der Waals surface area contributed by atoms with E-state index in [-0.39, 0.29) is 0 Å². The number of H-pyrrole nitrogens is 1. The lowest BCUT2D eigenvalue weighted by Crippen LogP contribution is -2.19. The highest BCUT2D eigenvalue weighted by atomic mass is 79.9. The van der Waals surface area contributed by atoms with Gasteiger partial charge in [0.1, 0.15) is 5.82 Å². The van der Waals surface area contributed by atoms with Gasteiger partial charge in [-0.3, -0.25) is 0 Å². The van der Waals surface area contributed by atoms with Crippen molar-refractivity contribution < 1.29 is 0 Å². The third kappa shape index (κ3) is 3.14. The smallest absolute Gasteiger partial charge is 0.107 e. The van der Waals surface area contributed by atoms with Crippen LogP contribution in [0.25, 0.3) is 0 Å². The molecule has 2 atom stereocenters. The summed E-state index contributed by atoms with van der Waals surface area (Å²) in [6, 6.07) is 0. The van der Waals surface area contributed by atoms with Crippen molar-refractivity contribution in [1.82, 2.24) is 9.97 Å². The molecule has 0 aliphatic heterocycles. The molecule has 0 aliphatic carbocycles. The third-order valence-corrected chi connectivity index (χ3v) is 3.72. The van der Waals surface area contributed by atoms with Gasteiger partial charge in [-0.25, -0.2) is 4.98 Å². The van der Waals surface area contributed by atoms with Gasteiger partial charge in [0.05, 0.1) is 0 Å². The Morgan fingerprint density at radius 1 is 1.46 bits per heavy atom. The summed E-state index contributed by atoms with van der Waals surface area (Å²) in [5, 5.41) is 0.